The van der Waals surface area contributed by atoms with Gasteiger partial charge in [-0.25, -0.2) is 4.68 Å². The first-order valence-electron chi connectivity index (χ1n) is 7.73. The van der Waals surface area contributed by atoms with Crippen LogP contribution in [0.4, 0.5) is 0 Å². The van der Waals surface area contributed by atoms with Crippen molar-refractivity contribution in [3.63, 3.8) is 0 Å². The lowest BCUT2D eigenvalue weighted by atomic mass is 10.2. The molecule has 1 unspecified atom stereocenters. The zero-order valence-electron chi connectivity index (χ0n) is 13.9. The molecule has 25 heavy (non-hydrogen) atoms. The van der Waals surface area contributed by atoms with E-state index in [-0.39, 0.29) is 37.5 Å². The third-order valence-electron chi connectivity index (χ3n) is 3.84. The normalized spacial score (nSPS) is 21.1. The van der Waals surface area contributed by atoms with Crippen LogP contribution < -0.4 is 5.32 Å². The molecule has 2 aliphatic heterocycles. The first-order chi connectivity index (χ1) is 12.0. The van der Waals surface area contributed by atoms with E-state index in [1.165, 1.54) is 0 Å². The molecule has 138 valence electrons. The van der Waals surface area contributed by atoms with Crippen LogP contribution in [0.5, 0.6) is 0 Å². The van der Waals surface area contributed by atoms with Crippen molar-refractivity contribution >= 4 is 18.3 Å². The Labute approximate surface area is 143 Å². The Kier molecular flexibility index (Phi) is 6.77. The van der Waals surface area contributed by atoms with Gasteiger partial charge in [0.15, 0.2) is 5.82 Å². The van der Waals surface area contributed by atoms with Gasteiger partial charge in [0.25, 0.3) is 6.47 Å². The summed E-state index contributed by atoms with van der Waals surface area (Å²) in [5.74, 6) is 0.567. The number of tetrazole rings is 1. The van der Waals surface area contributed by atoms with Crippen molar-refractivity contribution in [2.24, 2.45) is 7.05 Å². The predicted molar refractivity (Wildman–Crippen MR) is 82.2 cm³/mol. The van der Waals surface area contributed by atoms with Gasteiger partial charge in [-0.2, -0.15) is 0 Å². The molecule has 2 saturated heterocycles. The Balaban J connectivity index is 0.000000701. The van der Waals surface area contributed by atoms with Gasteiger partial charge in [-0.3, -0.25) is 19.3 Å². The van der Waals surface area contributed by atoms with Crippen LogP contribution in [-0.4, -0.2) is 99.3 Å². The highest BCUT2D eigenvalue weighted by Crippen LogP contribution is 2.19. The van der Waals surface area contributed by atoms with E-state index in [1.807, 2.05) is 4.90 Å². The maximum Gasteiger partial charge on any atom is 0.290 e. The number of morpholine rings is 1. The van der Waals surface area contributed by atoms with Crippen LogP contribution in [0.3, 0.4) is 0 Å². The van der Waals surface area contributed by atoms with Crippen molar-refractivity contribution in [2.75, 3.05) is 45.9 Å². The second-order valence-corrected chi connectivity index (χ2v) is 5.53. The Morgan fingerprint density at radius 1 is 1.48 bits per heavy atom. The van der Waals surface area contributed by atoms with Gasteiger partial charge in [0, 0.05) is 26.7 Å². The van der Waals surface area contributed by atoms with Crippen molar-refractivity contribution < 1.29 is 24.2 Å². The maximum absolute atomic E-state index is 12.4. The molecule has 0 bridgehead atoms. The van der Waals surface area contributed by atoms with E-state index in [0.29, 0.717) is 38.6 Å². The molecule has 3 heterocycles. The molecule has 3 rings (SSSR count). The number of hydrogen-bond acceptors (Lipinski definition) is 8. The minimum absolute atomic E-state index is 0.00173. The molecule has 0 radical (unpaired) electrons. The van der Waals surface area contributed by atoms with Crippen LogP contribution >= 0.6 is 0 Å². The lowest BCUT2D eigenvalue weighted by molar-refractivity contribution is -0.141. The van der Waals surface area contributed by atoms with Crippen molar-refractivity contribution in [1.82, 2.24) is 35.3 Å². The van der Waals surface area contributed by atoms with E-state index in [4.69, 9.17) is 14.6 Å². The fourth-order valence-electron chi connectivity index (χ4n) is 2.66. The highest BCUT2D eigenvalue weighted by atomic mass is 16.5. The zero-order valence-corrected chi connectivity index (χ0v) is 13.9. The number of carbonyl (C=O) groups excluding carboxylic acids is 2. The number of carbonyl (C=O) groups is 3. The third-order valence-corrected chi connectivity index (χ3v) is 3.84. The highest BCUT2D eigenvalue weighted by molar-refractivity contribution is 5.82. The average Bonchev–Trinajstić information content (AvgIpc) is 3.02. The fourth-order valence-corrected chi connectivity index (χ4v) is 2.66. The van der Waals surface area contributed by atoms with Gasteiger partial charge in [0.1, 0.15) is 6.10 Å². The van der Waals surface area contributed by atoms with Crippen molar-refractivity contribution in [2.45, 2.75) is 6.10 Å². The van der Waals surface area contributed by atoms with E-state index < -0.39 is 0 Å². The smallest absolute Gasteiger partial charge is 0.290 e. The second kappa shape index (κ2) is 9.03. The third kappa shape index (κ3) is 5.19. The second-order valence-electron chi connectivity index (χ2n) is 5.53. The summed E-state index contributed by atoms with van der Waals surface area (Å²) in [5, 5.41) is 20.9. The number of aromatic nitrogens is 4. The van der Waals surface area contributed by atoms with Crippen LogP contribution in [0, 0.1) is 0 Å². The number of carboxylic acid groups (broad SMARTS) is 1. The topological polar surface area (TPSA) is 143 Å². The molecular formula is C13H21N7O5. The summed E-state index contributed by atoms with van der Waals surface area (Å²) in [4.78, 5) is 35.7. The molecule has 12 nitrogen and oxygen atoms in total. The van der Waals surface area contributed by atoms with Crippen LogP contribution in [0.2, 0.25) is 0 Å². The summed E-state index contributed by atoms with van der Waals surface area (Å²) in [6.07, 6.45) is -0.317. The van der Waals surface area contributed by atoms with Crippen molar-refractivity contribution in [3.05, 3.63) is 5.82 Å². The Morgan fingerprint density at radius 2 is 2.24 bits per heavy atom. The number of aryl methyl sites for hydroxylation is 1. The fraction of sp³-hybridized carbons (Fsp3) is 0.692. The number of hydrogen-bond donors (Lipinski definition) is 2. The summed E-state index contributed by atoms with van der Waals surface area (Å²) in [6, 6.07) is 0. The van der Waals surface area contributed by atoms with Gasteiger partial charge in [-0.05, 0) is 10.4 Å². The van der Waals surface area contributed by atoms with Gasteiger partial charge in [-0.1, -0.05) is 0 Å². The summed E-state index contributed by atoms with van der Waals surface area (Å²) in [6.45, 7) is 2.96. The molecule has 2 N–H and O–H groups in total. The molecular weight excluding hydrogens is 334 g/mol. The van der Waals surface area contributed by atoms with Gasteiger partial charge in [-0.15, -0.1) is 5.10 Å². The number of amides is 2. The van der Waals surface area contributed by atoms with Crippen molar-refractivity contribution in [1.29, 1.82) is 0 Å². The van der Waals surface area contributed by atoms with Crippen LogP contribution in [0.25, 0.3) is 0 Å². The van der Waals surface area contributed by atoms with Gasteiger partial charge in [0.05, 0.1) is 26.2 Å². The Morgan fingerprint density at radius 3 is 2.88 bits per heavy atom. The van der Waals surface area contributed by atoms with E-state index in [0.717, 1.165) is 0 Å². The molecule has 1 aromatic rings. The summed E-state index contributed by atoms with van der Waals surface area (Å²) >= 11 is 0. The standard InChI is InChI=1S/C12H19N7O3.CH2O2/c1-17-12(14-15-16-17)9-6-19(4-5-22-9)11(21)8-18-3-2-13-10(20)7-18;2-1-3/h9H,2-8H2,1H3,(H,13,20);1H,(H,2,3). The first kappa shape index (κ1) is 18.7. The Bertz CT molecular complexity index is 607. The molecule has 0 saturated carbocycles. The van der Waals surface area contributed by atoms with E-state index in [9.17, 15) is 9.59 Å². The number of rotatable bonds is 3. The predicted octanol–water partition coefficient (Wildman–Crippen LogP) is -2.76. The van der Waals surface area contributed by atoms with Crippen molar-refractivity contribution in [3.8, 4) is 0 Å². The van der Waals surface area contributed by atoms with Gasteiger partial charge < -0.3 is 20.1 Å². The van der Waals surface area contributed by atoms with Gasteiger partial charge in [0.2, 0.25) is 11.8 Å². The summed E-state index contributed by atoms with van der Waals surface area (Å²) in [5.41, 5.74) is 0. The lowest BCUT2D eigenvalue weighted by Gasteiger charge is -2.34. The van der Waals surface area contributed by atoms with E-state index >= 15 is 0 Å². The molecule has 1 atom stereocenters. The Hall–Kier alpha value is -2.60. The molecule has 0 aromatic carbocycles. The van der Waals surface area contributed by atoms with E-state index in [2.05, 4.69) is 20.8 Å². The van der Waals surface area contributed by atoms with E-state index in [1.54, 1.807) is 16.6 Å². The largest absolute Gasteiger partial charge is 0.483 e. The zero-order chi connectivity index (χ0) is 18.2. The molecule has 2 aliphatic rings. The average molecular weight is 355 g/mol. The number of nitrogens with zero attached hydrogens (tertiary/aromatic N) is 6. The highest BCUT2D eigenvalue weighted by Gasteiger charge is 2.30. The maximum atomic E-state index is 12.4. The lowest BCUT2D eigenvalue weighted by Crippen LogP contribution is -2.52. The minimum Gasteiger partial charge on any atom is -0.483 e. The molecule has 12 heteroatoms. The van der Waals surface area contributed by atoms with Crippen LogP contribution in [0.15, 0.2) is 0 Å². The summed E-state index contributed by atoms with van der Waals surface area (Å²) in [7, 11) is 1.74. The number of nitrogens with one attached hydrogen (secondary N) is 1. The SMILES string of the molecule is Cn1nnnc1C1CN(C(=O)CN2CCNC(=O)C2)CCO1.O=CO. The molecule has 0 spiro atoms. The number of ether oxygens (including phenoxy) is 1. The first-order valence-corrected chi connectivity index (χ1v) is 7.73. The minimum atomic E-state index is -0.317. The quantitative estimate of drug-likeness (QED) is 0.551. The molecule has 2 amide bonds. The van der Waals surface area contributed by atoms with Crippen LogP contribution in [0.1, 0.15) is 11.9 Å². The number of piperazine rings is 1. The van der Waals surface area contributed by atoms with Gasteiger partial charge >= 0.3 is 0 Å². The van der Waals surface area contributed by atoms with Crippen LogP contribution in [-0.2, 0) is 26.2 Å². The molecule has 0 aliphatic carbocycles. The molecule has 1 aromatic heterocycles. The summed E-state index contributed by atoms with van der Waals surface area (Å²) < 4.78 is 7.20. The molecule has 2 fully saturated rings. The monoisotopic (exact) mass is 355 g/mol.